The molecule has 0 bridgehead atoms. The summed E-state index contributed by atoms with van der Waals surface area (Å²) in [6, 6.07) is 0.808. The topological polar surface area (TPSA) is 125 Å². The molecule has 0 aliphatic carbocycles. The van der Waals surface area contributed by atoms with Crippen LogP contribution >= 0.6 is 0 Å². The van der Waals surface area contributed by atoms with Crippen molar-refractivity contribution in [3.05, 3.63) is 0 Å². The fourth-order valence-electron chi connectivity index (χ4n) is 5.15. The highest BCUT2D eigenvalue weighted by Crippen LogP contribution is 2.43. The lowest BCUT2D eigenvalue weighted by atomic mass is 10.1. The molecule has 0 amide bonds. The summed E-state index contributed by atoms with van der Waals surface area (Å²) in [7, 11) is -1.32. The first-order valence-electron chi connectivity index (χ1n) is 11.8. The van der Waals surface area contributed by atoms with E-state index in [1.807, 2.05) is 13.8 Å². The Morgan fingerprint density at radius 2 is 1.39 bits per heavy atom. The summed E-state index contributed by atoms with van der Waals surface area (Å²) < 4.78 is 39.0. The van der Waals surface area contributed by atoms with Crippen molar-refractivity contribution in [2.75, 3.05) is 0 Å². The Balaban J connectivity index is 0.000000163. The molecule has 10 nitrogen and oxygen atoms in total. The van der Waals surface area contributed by atoms with E-state index in [4.69, 9.17) is 33.2 Å². The summed E-state index contributed by atoms with van der Waals surface area (Å²) in [5.74, 6) is -1.32. The van der Waals surface area contributed by atoms with Gasteiger partial charge in [-0.2, -0.15) is 0 Å². The molecule has 3 N–H and O–H groups in total. The minimum Gasteiger partial charge on any atom is -0.393 e. The van der Waals surface area contributed by atoms with Crippen molar-refractivity contribution >= 4 is 8.07 Å². The first kappa shape index (κ1) is 25.9. The molecule has 0 spiro atoms. The van der Waals surface area contributed by atoms with Gasteiger partial charge in [-0.1, -0.05) is 19.6 Å². The Labute approximate surface area is 196 Å². The highest BCUT2D eigenvalue weighted by Gasteiger charge is 2.58. The SMILES string of the molecule is CC1(C)OC2[C@H](OC3CC(O)O[C@@H]32)O1.CC1(C)OC2[C@H](O[C@H](CC(O)C[Si](C)(C)C)[C@@H]2O)O1. The van der Waals surface area contributed by atoms with Crippen molar-refractivity contribution in [2.24, 2.45) is 0 Å². The fraction of sp³-hybridized carbons (Fsp3) is 1.00. The van der Waals surface area contributed by atoms with Crippen LogP contribution in [0, 0.1) is 0 Å². The molecule has 5 saturated heterocycles. The van der Waals surface area contributed by atoms with E-state index < -0.39 is 56.6 Å². The maximum Gasteiger partial charge on any atom is 0.190 e. The van der Waals surface area contributed by atoms with Gasteiger partial charge in [0.1, 0.15) is 24.4 Å². The molecule has 0 saturated carbocycles. The minimum absolute atomic E-state index is 0.0869. The standard InChI is InChI=1S/C13H26O5Si.C9H14O5/c1-13(2)17-11-10(15)9(16-12(11)18-13)6-8(14)7-19(3,4)5;1-9(2)13-7-6-4(3-5(10)12-6)11-8(7)14-9/h8-12,14-15H,6-7H2,1-5H3;4-8,10H,3H2,1-2H3/t8?,9-,10+,11?,12-;4?,5?,6-,7?,8+/m10/s1. The number of ether oxygens (including phenoxy) is 7. The summed E-state index contributed by atoms with van der Waals surface area (Å²) in [4.78, 5) is 0. The van der Waals surface area contributed by atoms with Gasteiger partial charge >= 0.3 is 0 Å². The molecule has 10 atom stereocenters. The van der Waals surface area contributed by atoms with Gasteiger partial charge in [-0.15, -0.1) is 0 Å². The van der Waals surface area contributed by atoms with Crippen LogP contribution in [0.4, 0.5) is 0 Å². The van der Waals surface area contributed by atoms with Crippen LogP contribution in [0.15, 0.2) is 0 Å². The molecule has 0 aromatic carbocycles. The number of aliphatic hydroxyl groups is 3. The second kappa shape index (κ2) is 9.04. The van der Waals surface area contributed by atoms with Crippen LogP contribution in [0.2, 0.25) is 25.7 Å². The molecular formula is C22H40O10Si. The summed E-state index contributed by atoms with van der Waals surface area (Å²) in [6.45, 7) is 13.9. The normalized spacial score (nSPS) is 45.8. The summed E-state index contributed by atoms with van der Waals surface area (Å²) in [6.07, 6.45) is -3.13. The maximum absolute atomic E-state index is 10.2. The average molecular weight is 493 g/mol. The van der Waals surface area contributed by atoms with Crippen LogP contribution in [0.5, 0.6) is 0 Å². The zero-order valence-corrected chi connectivity index (χ0v) is 21.6. The third kappa shape index (κ3) is 5.97. The zero-order chi connectivity index (χ0) is 24.3. The van der Waals surface area contributed by atoms with Gasteiger partial charge in [-0.3, -0.25) is 0 Å². The van der Waals surface area contributed by atoms with Gasteiger partial charge in [0.05, 0.1) is 18.3 Å². The van der Waals surface area contributed by atoms with Crippen molar-refractivity contribution in [3.8, 4) is 0 Å². The third-order valence-corrected chi connectivity index (χ3v) is 8.00. The van der Waals surface area contributed by atoms with Crippen molar-refractivity contribution in [1.82, 2.24) is 0 Å². The largest absolute Gasteiger partial charge is 0.393 e. The first-order valence-corrected chi connectivity index (χ1v) is 15.6. The Hall–Kier alpha value is -0.183. The molecule has 5 aliphatic rings. The summed E-state index contributed by atoms with van der Waals surface area (Å²) >= 11 is 0. The van der Waals surface area contributed by atoms with Crippen LogP contribution in [-0.2, 0) is 33.2 Å². The molecule has 33 heavy (non-hydrogen) atoms. The van der Waals surface area contributed by atoms with Crippen molar-refractivity contribution in [3.63, 3.8) is 0 Å². The number of rotatable bonds is 4. The van der Waals surface area contributed by atoms with Crippen LogP contribution in [0.3, 0.4) is 0 Å². The molecule has 5 heterocycles. The van der Waals surface area contributed by atoms with Crippen LogP contribution in [-0.4, -0.2) is 96.6 Å². The van der Waals surface area contributed by atoms with E-state index in [0.717, 1.165) is 6.04 Å². The predicted molar refractivity (Wildman–Crippen MR) is 118 cm³/mol. The van der Waals surface area contributed by atoms with Gasteiger partial charge in [0.2, 0.25) is 0 Å². The van der Waals surface area contributed by atoms with Crippen molar-refractivity contribution < 1.29 is 48.5 Å². The van der Waals surface area contributed by atoms with E-state index in [-0.39, 0.29) is 24.6 Å². The molecule has 0 radical (unpaired) electrons. The minimum atomic E-state index is -1.32. The Bertz CT molecular complexity index is 697. The maximum atomic E-state index is 10.2. The lowest BCUT2D eigenvalue weighted by Crippen LogP contribution is -2.37. The average Bonchev–Trinajstić information content (AvgIpc) is 3.35. The molecule has 5 fully saturated rings. The lowest BCUT2D eigenvalue weighted by molar-refractivity contribution is -0.217. The Morgan fingerprint density at radius 1 is 0.818 bits per heavy atom. The molecule has 192 valence electrons. The van der Waals surface area contributed by atoms with Gasteiger partial charge in [0.15, 0.2) is 30.4 Å². The highest BCUT2D eigenvalue weighted by atomic mass is 28.3. The Kier molecular flexibility index (Phi) is 7.09. The molecule has 0 aromatic heterocycles. The van der Waals surface area contributed by atoms with Crippen molar-refractivity contribution in [2.45, 2.75) is 139 Å². The molecular weight excluding hydrogens is 452 g/mol. The number of fused-ring (bicyclic) bond motifs is 4. The van der Waals surface area contributed by atoms with E-state index in [9.17, 15) is 15.3 Å². The summed E-state index contributed by atoms with van der Waals surface area (Å²) in [5.41, 5.74) is 0. The van der Waals surface area contributed by atoms with Crippen LogP contribution < -0.4 is 0 Å². The number of aliphatic hydroxyl groups excluding tert-OH is 3. The zero-order valence-electron chi connectivity index (χ0n) is 20.6. The molecule has 11 heteroatoms. The third-order valence-electron chi connectivity index (χ3n) is 6.30. The van der Waals surface area contributed by atoms with E-state index in [1.165, 1.54) is 0 Å². The van der Waals surface area contributed by atoms with E-state index in [1.54, 1.807) is 13.8 Å². The van der Waals surface area contributed by atoms with E-state index in [0.29, 0.717) is 12.8 Å². The Morgan fingerprint density at radius 3 is 1.97 bits per heavy atom. The van der Waals surface area contributed by atoms with E-state index in [2.05, 4.69) is 19.6 Å². The van der Waals surface area contributed by atoms with Gasteiger partial charge in [-0.25, -0.2) is 0 Å². The van der Waals surface area contributed by atoms with Crippen LogP contribution in [0.25, 0.3) is 0 Å². The van der Waals surface area contributed by atoms with Gasteiger partial charge in [0.25, 0.3) is 0 Å². The summed E-state index contributed by atoms with van der Waals surface area (Å²) in [5, 5.41) is 29.6. The highest BCUT2D eigenvalue weighted by molar-refractivity contribution is 6.76. The monoisotopic (exact) mass is 492 g/mol. The van der Waals surface area contributed by atoms with Gasteiger partial charge in [0, 0.05) is 20.9 Å². The molecule has 5 rings (SSSR count). The molecule has 0 aromatic rings. The number of hydrogen-bond donors (Lipinski definition) is 3. The molecule has 5 unspecified atom stereocenters. The van der Waals surface area contributed by atoms with Crippen LogP contribution in [0.1, 0.15) is 40.5 Å². The van der Waals surface area contributed by atoms with Crippen molar-refractivity contribution in [1.29, 1.82) is 0 Å². The van der Waals surface area contributed by atoms with E-state index >= 15 is 0 Å². The predicted octanol–water partition coefficient (Wildman–Crippen LogP) is 1.28. The van der Waals surface area contributed by atoms with Gasteiger partial charge < -0.3 is 48.5 Å². The smallest absolute Gasteiger partial charge is 0.190 e. The fourth-order valence-corrected chi connectivity index (χ4v) is 6.73. The quantitative estimate of drug-likeness (QED) is 0.494. The molecule has 5 aliphatic heterocycles. The second-order valence-electron chi connectivity index (χ2n) is 11.7. The lowest BCUT2D eigenvalue weighted by Gasteiger charge is -2.26. The first-order chi connectivity index (χ1) is 15.1. The van der Waals surface area contributed by atoms with Gasteiger partial charge in [-0.05, 0) is 33.7 Å². The second-order valence-corrected chi connectivity index (χ2v) is 17.3. The number of hydrogen-bond acceptors (Lipinski definition) is 10.